The van der Waals surface area contributed by atoms with Crippen LogP contribution in [0.25, 0.3) is 0 Å². The highest BCUT2D eigenvalue weighted by molar-refractivity contribution is 5.73. The fourth-order valence-electron chi connectivity index (χ4n) is 1.25. The Labute approximate surface area is 100 Å². The lowest BCUT2D eigenvalue weighted by molar-refractivity contribution is -0.118. The molecule has 0 aliphatic heterocycles. The van der Waals surface area contributed by atoms with Crippen LogP contribution in [-0.2, 0) is 11.3 Å². The van der Waals surface area contributed by atoms with Crippen molar-refractivity contribution < 1.29 is 9.21 Å². The van der Waals surface area contributed by atoms with E-state index in [1.807, 2.05) is 6.92 Å². The number of carbonyl (C=O) groups is 1. The average Bonchev–Trinajstić information content (AvgIpc) is 2.73. The molecule has 0 unspecified atom stereocenters. The van der Waals surface area contributed by atoms with Crippen molar-refractivity contribution in [1.29, 1.82) is 0 Å². The molecule has 0 bridgehead atoms. The van der Waals surface area contributed by atoms with Gasteiger partial charge in [0, 0.05) is 13.0 Å². The van der Waals surface area contributed by atoms with Crippen LogP contribution in [0, 0.1) is 0 Å². The molecule has 0 fully saturated rings. The number of nitrogens with two attached hydrogens (primary N) is 1. The number of anilines is 1. The molecule has 0 atom stereocenters. The van der Waals surface area contributed by atoms with Crippen LogP contribution in [0.2, 0.25) is 0 Å². The van der Waals surface area contributed by atoms with Gasteiger partial charge in [-0.1, -0.05) is 12.0 Å². The van der Waals surface area contributed by atoms with Crippen LogP contribution in [0.3, 0.4) is 0 Å². The Morgan fingerprint density at radius 3 is 2.94 bits per heavy atom. The lowest BCUT2D eigenvalue weighted by Gasteiger charge is -1.99. The molecular formula is C10H19N5O2. The van der Waals surface area contributed by atoms with Gasteiger partial charge in [0.15, 0.2) is 0 Å². The Kier molecular flexibility index (Phi) is 6.02. The molecule has 0 radical (unpaired) electrons. The van der Waals surface area contributed by atoms with Gasteiger partial charge in [0.25, 0.3) is 0 Å². The second kappa shape index (κ2) is 7.61. The third-order valence-corrected chi connectivity index (χ3v) is 2.12. The molecule has 1 aromatic rings. The summed E-state index contributed by atoms with van der Waals surface area (Å²) in [6.07, 6.45) is 2.02. The summed E-state index contributed by atoms with van der Waals surface area (Å²) in [5.41, 5.74) is 5.03. The first-order chi connectivity index (χ1) is 8.22. The zero-order chi connectivity index (χ0) is 12.5. The summed E-state index contributed by atoms with van der Waals surface area (Å²) in [5.74, 6) is 0.294. The van der Waals surface area contributed by atoms with Gasteiger partial charge in [0.05, 0.1) is 6.54 Å². The van der Waals surface area contributed by atoms with Crippen molar-refractivity contribution in [2.75, 3.05) is 18.4 Å². The number of nitrogens with zero attached hydrogens (tertiary/aromatic N) is 2. The van der Waals surface area contributed by atoms with Crippen molar-refractivity contribution in [1.82, 2.24) is 15.5 Å². The molecule has 0 saturated heterocycles. The van der Waals surface area contributed by atoms with E-state index in [4.69, 9.17) is 10.2 Å². The topological polar surface area (TPSA) is 106 Å². The monoisotopic (exact) mass is 241 g/mol. The van der Waals surface area contributed by atoms with E-state index in [1.54, 1.807) is 0 Å². The standard InChI is InChI=1S/C10H19N5O2/c1-2-12-7-9-14-15-10(17-9)13-6-4-3-5-8(11)16/h12H,2-7H2,1H3,(H2,11,16)(H,13,15). The molecule has 1 aromatic heterocycles. The number of rotatable bonds is 9. The minimum absolute atomic E-state index is 0.268. The first-order valence-corrected chi connectivity index (χ1v) is 5.77. The number of carbonyl (C=O) groups excluding carboxylic acids is 1. The van der Waals surface area contributed by atoms with E-state index in [9.17, 15) is 4.79 Å². The minimum Gasteiger partial charge on any atom is -0.407 e. The summed E-state index contributed by atoms with van der Waals surface area (Å²) in [4.78, 5) is 10.5. The normalized spacial score (nSPS) is 10.4. The summed E-state index contributed by atoms with van der Waals surface area (Å²) in [7, 11) is 0. The summed E-state index contributed by atoms with van der Waals surface area (Å²) in [6.45, 7) is 4.13. The lowest BCUT2D eigenvalue weighted by atomic mass is 10.2. The van der Waals surface area contributed by atoms with E-state index in [1.165, 1.54) is 0 Å². The van der Waals surface area contributed by atoms with E-state index in [0.29, 0.717) is 31.4 Å². The molecule has 17 heavy (non-hydrogen) atoms. The SMILES string of the molecule is CCNCc1nnc(NCCCCC(N)=O)o1. The van der Waals surface area contributed by atoms with Crippen LogP contribution in [0.4, 0.5) is 6.01 Å². The van der Waals surface area contributed by atoms with Crippen LogP contribution in [0.1, 0.15) is 32.1 Å². The summed E-state index contributed by atoms with van der Waals surface area (Å²) >= 11 is 0. The van der Waals surface area contributed by atoms with Crippen LogP contribution < -0.4 is 16.4 Å². The second-order valence-electron chi connectivity index (χ2n) is 3.63. The maximum absolute atomic E-state index is 10.5. The lowest BCUT2D eigenvalue weighted by Crippen LogP contribution is -2.11. The molecule has 1 amide bonds. The largest absolute Gasteiger partial charge is 0.407 e. The van der Waals surface area contributed by atoms with Crippen LogP contribution in [0.5, 0.6) is 0 Å². The quantitative estimate of drug-likeness (QED) is 0.535. The summed E-state index contributed by atoms with van der Waals surface area (Å²) < 4.78 is 5.33. The van der Waals surface area contributed by atoms with Crippen molar-refractivity contribution in [2.45, 2.75) is 32.7 Å². The Bertz CT molecular complexity index is 339. The van der Waals surface area contributed by atoms with E-state index < -0.39 is 0 Å². The molecule has 0 aliphatic rings. The molecule has 1 heterocycles. The Balaban J connectivity index is 2.14. The van der Waals surface area contributed by atoms with Crippen molar-refractivity contribution in [3.8, 4) is 0 Å². The van der Waals surface area contributed by atoms with Crippen LogP contribution >= 0.6 is 0 Å². The average molecular weight is 241 g/mol. The molecule has 7 nitrogen and oxygen atoms in total. The van der Waals surface area contributed by atoms with Gasteiger partial charge in [-0.25, -0.2) is 0 Å². The van der Waals surface area contributed by atoms with Crippen LogP contribution in [0.15, 0.2) is 4.42 Å². The zero-order valence-corrected chi connectivity index (χ0v) is 10.0. The highest BCUT2D eigenvalue weighted by atomic mass is 16.4. The molecular weight excluding hydrogens is 222 g/mol. The molecule has 1 rings (SSSR count). The molecule has 96 valence electrons. The number of hydrogen-bond donors (Lipinski definition) is 3. The van der Waals surface area contributed by atoms with Gasteiger partial charge in [-0.15, -0.1) is 5.10 Å². The predicted octanol–water partition coefficient (Wildman–Crippen LogP) is 0.247. The van der Waals surface area contributed by atoms with Gasteiger partial charge < -0.3 is 20.8 Å². The third-order valence-electron chi connectivity index (χ3n) is 2.12. The number of hydrogen-bond acceptors (Lipinski definition) is 6. The first-order valence-electron chi connectivity index (χ1n) is 5.77. The zero-order valence-electron chi connectivity index (χ0n) is 10.0. The Hall–Kier alpha value is -1.63. The molecule has 7 heteroatoms. The number of aromatic nitrogens is 2. The van der Waals surface area contributed by atoms with E-state index >= 15 is 0 Å². The summed E-state index contributed by atoms with van der Waals surface area (Å²) in [6, 6.07) is 0.414. The van der Waals surface area contributed by atoms with E-state index in [2.05, 4.69) is 20.8 Å². The molecule has 0 aliphatic carbocycles. The summed E-state index contributed by atoms with van der Waals surface area (Å²) in [5, 5.41) is 13.8. The number of unbranched alkanes of at least 4 members (excludes halogenated alkanes) is 1. The number of primary amides is 1. The Morgan fingerprint density at radius 1 is 1.41 bits per heavy atom. The van der Waals surface area contributed by atoms with Crippen molar-refractivity contribution in [3.63, 3.8) is 0 Å². The molecule has 0 saturated carbocycles. The number of amides is 1. The highest BCUT2D eigenvalue weighted by Gasteiger charge is 2.04. The molecule has 0 aromatic carbocycles. The van der Waals surface area contributed by atoms with E-state index in [0.717, 1.165) is 19.4 Å². The first kappa shape index (κ1) is 13.4. The number of nitrogens with one attached hydrogen (secondary N) is 2. The van der Waals surface area contributed by atoms with Gasteiger partial charge >= 0.3 is 6.01 Å². The van der Waals surface area contributed by atoms with Crippen molar-refractivity contribution >= 4 is 11.9 Å². The maximum atomic E-state index is 10.5. The Morgan fingerprint density at radius 2 is 2.24 bits per heavy atom. The van der Waals surface area contributed by atoms with Crippen molar-refractivity contribution in [3.05, 3.63) is 5.89 Å². The predicted molar refractivity (Wildman–Crippen MR) is 63.2 cm³/mol. The van der Waals surface area contributed by atoms with Gasteiger partial charge in [0.1, 0.15) is 0 Å². The van der Waals surface area contributed by atoms with Gasteiger partial charge in [-0.05, 0) is 19.4 Å². The highest BCUT2D eigenvalue weighted by Crippen LogP contribution is 2.05. The maximum Gasteiger partial charge on any atom is 0.315 e. The van der Waals surface area contributed by atoms with E-state index in [-0.39, 0.29) is 5.91 Å². The van der Waals surface area contributed by atoms with Gasteiger partial charge in [-0.2, -0.15) is 0 Å². The minimum atomic E-state index is -0.268. The van der Waals surface area contributed by atoms with Crippen molar-refractivity contribution in [2.24, 2.45) is 5.73 Å². The fraction of sp³-hybridized carbons (Fsp3) is 0.700. The third kappa shape index (κ3) is 5.86. The fourth-order valence-corrected chi connectivity index (χ4v) is 1.25. The second-order valence-corrected chi connectivity index (χ2v) is 3.63. The van der Waals surface area contributed by atoms with Crippen LogP contribution in [-0.4, -0.2) is 29.2 Å². The van der Waals surface area contributed by atoms with Gasteiger partial charge in [-0.3, -0.25) is 4.79 Å². The molecule has 0 spiro atoms. The van der Waals surface area contributed by atoms with Gasteiger partial charge in [0.2, 0.25) is 11.8 Å². The smallest absolute Gasteiger partial charge is 0.315 e. The molecule has 4 N–H and O–H groups in total.